The largest absolute Gasteiger partial charge is 0.420 e. The minimum absolute atomic E-state index is 0.0612. The van der Waals surface area contributed by atoms with Gasteiger partial charge in [0.25, 0.3) is 0 Å². The van der Waals surface area contributed by atoms with E-state index in [1.165, 1.54) is 13.3 Å². The Balaban J connectivity index is 1.82. The fourth-order valence-corrected chi connectivity index (χ4v) is 3.74. The molecule has 0 aromatic carbocycles. The number of aromatic nitrogens is 2. The first-order valence-corrected chi connectivity index (χ1v) is 8.45. The van der Waals surface area contributed by atoms with E-state index >= 15 is 0 Å². The van der Waals surface area contributed by atoms with Gasteiger partial charge in [0.1, 0.15) is 11.6 Å². The highest BCUT2D eigenvalue weighted by molar-refractivity contribution is 5.73. The van der Waals surface area contributed by atoms with Crippen LogP contribution in [0.2, 0.25) is 0 Å². The molecule has 0 radical (unpaired) electrons. The lowest BCUT2D eigenvalue weighted by molar-refractivity contribution is -0.121. The third-order valence-corrected chi connectivity index (χ3v) is 4.69. The van der Waals surface area contributed by atoms with Crippen LogP contribution in [0.4, 0.5) is 0 Å². The number of hydrogen-bond acceptors (Lipinski definition) is 6. The number of likely N-dealkylation sites (N-methyl/N-ethyl adjacent to an activating group) is 1. The Morgan fingerprint density at radius 3 is 2.65 bits per heavy atom. The molecule has 0 unspecified atom stereocenters. The van der Waals surface area contributed by atoms with Gasteiger partial charge in [-0.15, -0.1) is 10.2 Å². The lowest BCUT2D eigenvalue weighted by Crippen LogP contribution is -2.46. The molecule has 1 saturated carbocycles. The van der Waals surface area contributed by atoms with Crippen molar-refractivity contribution in [1.29, 1.82) is 0 Å². The van der Waals surface area contributed by atoms with Crippen LogP contribution in [0.1, 0.15) is 63.8 Å². The highest BCUT2D eigenvalue weighted by Gasteiger charge is 2.41. The van der Waals surface area contributed by atoms with Gasteiger partial charge in [-0.25, -0.2) is 0 Å². The average molecular weight is 322 g/mol. The zero-order chi connectivity index (χ0) is 16.4. The van der Waals surface area contributed by atoms with Crippen LogP contribution in [0, 0.1) is 0 Å². The molecule has 1 amide bonds. The summed E-state index contributed by atoms with van der Waals surface area (Å²) < 4.78 is 11.9. The molecule has 7 heteroatoms. The first-order valence-electron chi connectivity index (χ1n) is 8.45. The minimum atomic E-state index is -0.512. The molecule has 2 fully saturated rings. The van der Waals surface area contributed by atoms with E-state index in [4.69, 9.17) is 9.15 Å². The number of morpholine rings is 1. The van der Waals surface area contributed by atoms with Gasteiger partial charge >= 0.3 is 0 Å². The van der Waals surface area contributed by atoms with Gasteiger partial charge in [0.15, 0.2) is 0 Å². The topological polar surface area (TPSA) is 80.5 Å². The van der Waals surface area contributed by atoms with Crippen molar-refractivity contribution in [2.24, 2.45) is 0 Å². The van der Waals surface area contributed by atoms with Crippen molar-refractivity contribution in [3.05, 3.63) is 11.8 Å². The Morgan fingerprint density at radius 2 is 2.00 bits per heavy atom. The summed E-state index contributed by atoms with van der Waals surface area (Å²) in [4.78, 5) is 13.9. The van der Waals surface area contributed by atoms with Crippen LogP contribution in [-0.2, 0) is 15.1 Å². The lowest BCUT2D eigenvalue weighted by Gasteiger charge is -2.35. The fraction of sp³-hybridized carbons (Fsp3) is 0.812. The van der Waals surface area contributed by atoms with Gasteiger partial charge in [0, 0.05) is 20.0 Å². The van der Waals surface area contributed by atoms with Gasteiger partial charge < -0.3 is 19.4 Å². The summed E-state index contributed by atoms with van der Waals surface area (Å²) in [6.45, 7) is 5.21. The van der Waals surface area contributed by atoms with Crippen LogP contribution in [0.5, 0.6) is 0 Å². The van der Waals surface area contributed by atoms with Crippen molar-refractivity contribution >= 4 is 5.91 Å². The van der Waals surface area contributed by atoms with E-state index in [0.717, 1.165) is 38.8 Å². The molecule has 0 bridgehead atoms. The second kappa shape index (κ2) is 6.57. The predicted molar refractivity (Wildman–Crippen MR) is 83.7 cm³/mol. The monoisotopic (exact) mass is 322 g/mol. The van der Waals surface area contributed by atoms with Gasteiger partial charge in [0.05, 0.1) is 6.10 Å². The maximum Gasteiger partial charge on any atom is 0.246 e. The summed E-state index contributed by atoms with van der Waals surface area (Å²) in [5.41, 5.74) is -0.512. The molecule has 2 heterocycles. The second-order valence-electron chi connectivity index (χ2n) is 6.93. The third-order valence-electron chi connectivity index (χ3n) is 4.69. The standard InChI is InChI=1S/C16H26N4O3/c1-11-9-20(3)10-13(22-11)14-18-19-15(23-14)16(17-12(2)21)7-5-4-6-8-16/h11,13H,4-10H2,1-3H3,(H,17,21)/t11-,13-/m1/s1. The molecular weight excluding hydrogens is 296 g/mol. The zero-order valence-electron chi connectivity index (χ0n) is 14.2. The van der Waals surface area contributed by atoms with Gasteiger partial charge in [-0.05, 0) is 26.8 Å². The number of carbonyl (C=O) groups excluding carboxylic acids is 1. The van der Waals surface area contributed by atoms with Crippen molar-refractivity contribution in [1.82, 2.24) is 20.4 Å². The second-order valence-corrected chi connectivity index (χ2v) is 6.93. The number of rotatable bonds is 3. The Labute approximate surface area is 136 Å². The molecule has 1 aliphatic heterocycles. The molecule has 2 aliphatic rings. The van der Waals surface area contributed by atoms with Crippen LogP contribution in [0.15, 0.2) is 4.42 Å². The highest BCUT2D eigenvalue weighted by Crippen LogP contribution is 2.37. The summed E-state index contributed by atoms with van der Waals surface area (Å²) in [6, 6.07) is 0. The number of carbonyl (C=O) groups is 1. The van der Waals surface area contributed by atoms with E-state index < -0.39 is 5.54 Å². The Hall–Kier alpha value is -1.47. The lowest BCUT2D eigenvalue weighted by atomic mass is 9.81. The molecule has 7 nitrogen and oxygen atoms in total. The molecular formula is C16H26N4O3. The van der Waals surface area contributed by atoms with Crippen LogP contribution < -0.4 is 5.32 Å². The smallest absolute Gasteiger partial charge is 0.246 e. The molecule has 0 spiro atoms. The molecule has 3 rings (SSSR count). The van der Waals surface area contributed by atoms with Gasteiger partial charge in [-0.1, -0.05) is 19.3 Å². The van der Waals surface area contributed by atoms with E-state index in [1.807, 2.05) is 6.92 Å². The fourth-order valence-electron chi connectivity index (χ4n) is 3.74. The molecule has 1 N–H and O–H groups in total. The van der Waals surface area contributed by atoms with Crippen LogP contribution in [0.25, 0.3) is 0 Å². The summed E-state index contributed by atoms with van der Waals surface area (Å²) >= 11 is 0. The van der Waals surface area contributed by atoms with Crippen molar-refractivity contribution in [2.45, 2.75) is 63.7 Å². The molecule has 128 valence electrons. The summed E-state index contributed by atoms with van der Waals surface area (Å²) in [7, 11) is 2.06. The molecule has 1 aromatic heterocycles. The Morgan fingerprint density at radius 1 is 1.26 bits per heavy atom. The molecule has 23 heavy (non-hydrogen) atoms. The zero-order valence-corrected chi connectivity index (χ0v) is 14.2. The third kappa shape index (κ3) is 3.55. The predicted octanol–water partition coefficient (Wildman–Crippen LogP) is 1.76. The number of nitrogens with one attached hydrogen (secondary N) is 1. The molecule has 1 saturated heterocycles. The average Bonchev–Trinajstić information content (AvgIpc) is 2.97. The molecule has 2 atom stereocenters. The van der Waals surface area contributed by atoms with E-state index in [2.05, 4.69) is 27.5 Å². The highest BCUT2D eigenvalue weighted by atomic mass is 16.5. The molecule has 1 aromatic rings. The van der Waals surface area contributed by atoms with E-state index in [-0.39, 0.29) is 18.1 Å². The van der Waals surface area contributed by atoms with Crippen LogP contribution >= 0.6 is 0 Å². The van der Waals surface area contributed by atoms with Crippen LogP contribution in [0.3, 0.4) is 0 Å². The van der Waals surface area contributed by atoms with Crippen molar-refractivity contribution in [2.75, 3.05) is 20.1 Å². The van der Waals surface area contributed by atoms with Crippen LogP contribution in [-0.4, -0.2) is 47.2 Å². The summed E-state index contributed by atoms with van der Waals surface area (Å²) in [5.74, 6) is 0.967. The minimum Gasteiger partial charge on any atom is -0.420 e. The maximum absolute atomic E-state index is 11.7. The van der Waals surface area contributed by atoms with Gasteiger partial charge in [-0.3, -0.25) is 4.79 Å². The van der Waals surface area contributed by atoms with Crippen molar-refractivity contribution < 1.29 is 13.9 Å². The number of amides is 1. The number of ether oxygens (including phenoxy) is 1. The Bertz CT molecular complexity index is 543. The number of nitrogens with zero attached hydrogens (tertiary/aromatic N) is 3. The van der Waals surface area contributed by atoms with Gasteiger partial charge in [0.2, 0.25) is 17.7 Å². The summed E-state index contributed by atoms with van der Waals surface area (Å²) in [6.07, 6.45) is 4.90. The van der Waals surface area contributed by atoms with E-state index in [1.54, 1.807) is 0 Å². The Kier molecular flexibility index (Phi) is 4.68. The first-order chi connectivity index (χ1) is 11.0. The van der Waals surface area contributed by atoms with Gasteiger partial charge in [-0.2, -0.15) is 0 Å². The van der Waals surface area contributed by atoms with E-state index in [9.17, 15) is 4.79 Å². The van der Waals surface area contributed by atoms with E-state index in [0.29, 0.717) is 11.8 Å². The first kappa shape index (κ1) is 16.4. The SMILES string of the molecule is CC(=O)NC1(c2nnc([C@H]3CN(C)C[C@@H](C)O3)o2)CCCCC1. The maximum atomic E-state index is 11.7. The quantitative estimate of drug-likeness (QED) is 0.913. The van der Waals surface area contributed by atoms with Crippen molar-refractivity contribution in [3.8, 4) is 0 Å². The summed E-state index contributed by atoms with van der Waals surface area (Å²) in [5, 5.41) is 11.5. The normalized spacial score (nSPS) is 28.5. The number of hydrogen-bond donors (Lipinski definition) is 1. The molecule has 1 aliphatic carbocycles. The van der Waals surface area contributed by atoms with Crippen molar-refractivity contribution in [3.63, 3.8) is 0 Å².